The standard InChI is InChI=1S/C14H13BrN2O4S2/c1-23(20,21)10-4-2-3-9(7-10)17-13(18)8-16-14(19)11-5-6-12(15)22-11/h2-7H,8H2,1H3,(H,16,19)(H,17,18). The number of nitrogens with one attached hydrogen (secondary N) is 2. The number of benzene rings is 1. The summed E-state index contributed by atoms with van der Waals surface area (Å²) in [6.45, 7) is -0.211. The Hall–Kier alpha value is -1.71. The Morgan fingerprint density at radius 1 is 1.22 bits per heavy atom. The van der Waals surface area contributed by atoms with Crippen LogP contribution >= 0.6 is 27.3 Å². The molecule has 0 spiro atoms. The summed E-state index contributed by atoms with van der Waals surface area (Å²) >= 11 is 4.52. The van der Waals surface area contributed by atoms with E-state index in [0.717, 1.165) is 10.0 Å². The number of thiophene rings is 1. The first kappa shape index (κ1) is 17.6. The van der Waals surface area contributed by atoms with Crippen LogP contribution in [-0.2, 0) is 14.6 Å². The molecule has 0 aliphatic rings. The molecule has 0 unspecified atom stereocenters. The molecule has 0 radical (unpaired) electrons. The van der Waals surface area contributed by atoms with Crippen molar-refractivity contribution in [3.05, 3.63) is 45.1 Å². The fourth-order valence-electron chi connectivity index (χ4n) is 1.69. The molecule has 2 amide bonds. The lowest BCUT2D eigenvalue weighted by Crippen LogP contribution is -2.32. The second kappa shape index (κ2) is 7.24. The summed E-state index contributed by atoms with van der Waals surface area (Å²) < 4.78 is 23.8. The van der Waals surface area contributed by atoms with Crippen molar-refractivity contribution in [1.82, 2.24) is 5.32 Å². The Balaban J connectivity index is 1.94. The van der Waals surface area contributed by atoms with Gasteiger partial charge in [-0.25, -0.2) is 8.42 Å². The highest BCUT2D eigenvalue weighted by molar-refractivity contribution is 9.11. The number of carbonyl (C=O) groups excluding carboxylic acids is 2. The number of anilines is 1. The maximum absolute atomic E-state index is 11.8. The van der Waals surface area contributed by atoms with Gasteiger partial charge in [0, 0.05) is 11.9 Å². The zero-order valence-corrected chi connectivity index (χ0v) is 15.2. The quantitative estimate of drug-likeness (QED) is 0.781. The molecule has 0 bridgehead atoms. The van der Waals surface area contributed by atoms with Crippen molar-refractivity contribution < 1.29 is 18.0 Å². The normalized spacial score (nSPS) is 11.0. The zero-order chi connectivity index (χ0) is 17.0. The van der Waals surface area contributed by atoms with E-state index < -0.39 is 15.7 Å². The number of halogens is 1. The molecule has 2 rings (SSSR count). The van der Waals surface area contributed by atoms with Gasteiger partial charge >= 0.3 is 0 Å². The van der Waals surface area contributed by atoms with Gasteiger partial charge in [-0.05, 0) is 46.3 Å². The van der Waals surface area contributed by atoms with Crippen LogP contribution in [0.1, 0.15) is 9.67 Å². The molecule has 23 heavy (non-hydrogen) atoms. The molecule has 1 aromatic heterocycles. The average molecular weight is 417 g/mol. The fraction of sp³-hybridized carbons (Fsp3) is 0.143. The highest BCUT2D eigenvalue weighted by Gasteiger charge is 2.12. The molecule has 1 aromatic carbocycles. The summed E-state index contributed by atoms with van der Waals surface area (Å²) in [5.74, 6) is -0.791. The summed E-state index contributed by atoms with van der Waals surface area (Å²) in [7, 11) is -3.34. The van der Waals surface area contributed by atoms with Crippen LogP contribution in [0.3, 0.4) is 0 Å². The van der Waals surface area contributed by atoms with Crippen LogP contribution in [0.4, 0.5) is 5.69 Å². The SMILES string of the molecule is CS(=O)(=O)c1cccc(NC(=O)CNC(=O)c2ccc(Br)s2)c1. The molecule has 2 aromatic rings. The fourth-order valence-corrected chi connectivity index (χ4v) is 3.66. The first-order chi connectivity index (χ1) is 10.8. The largest absolute Gasteiger partial charge is 0.342 e. The van der Waals surface area contributed by atoms with E-state index in [0.29, 0.717) is 10.6 Å². The van der Waals surface area contributed by atoms with Crippen LogP contribution < -0.4 is 10.6 Å². The Labute approximate surface area is 146 Å². The lowest BCUT2D eigenvalue weighted by Gasteiger charge is -2.07. The second-order valence-corrected chi connectivity index (χ2v) is 9.11. The summed E-state index contributed by atoms with van der Waals surface area (Å²) in [5, 5.41) is 5.04. The van der Waals surface area contributed by atoms with Crippen molar-refractivity contribution in [2.24, 2.45) is 0 Å². The predicted octanol–water partition coefficient (Wildman–Crippen LogP) is 2.28. The molecule has 122 valence electrons. The van der Waals surface area contributed by atoms with Crippen LogP contribution in [0.2, 0.25) is 0 Å². The maximum Gasteiger partial charge on any atom is 0.261 e. The second-order valence-electron chi connectivity index (χ2n) is 4.63. The van der Waals surface area contributed by atoms with E-state index in [4.69, 9.17) is 0 Å². The topological polar surface area (TPSA) is 92.3 Å². The molecule has 0 fully saturated rings. The summed E-state index contributed by atoms with van der Waals surface area (Å²) in [6, 6.07) is 9.32. The van der Waals surface area contributed by atoms with Gasteiger partial charge in [0.2, 0.25) is 5.91 Å². The smallest absolute Gasteiger partial charge is 0.261 e. The van der Waals surface area contributed by atoms with Gasteiger partial charge in [-0.15, -0.1) is 11.3 Å². The average Bonchev–Trinajstić information content (AvgIpc) is 2.91. The monoisotopic (exact) mass is 416 g/mol. The molecule has 0 saturated carbocycles. The number of hydrogen-bond donors (Lipinski definition) is 2. The molecular formula is C14H13BrN2O4S2. The molecule has 6 nitrogen and oxygen atoms in total. The Morgan fingerprint density at radius 2 is 1.96 bits per heavy atom. The molecule has 0 saturated heterocycles. The molecule has 0 aliphatic heterocycles. The molecule has 0 atom stereocenters. The van der Waals surface area contributed by atoms with Crippen molar-refractivity contribution in [3.63, 3.8) is 0 Å². The van der Waals surface area contributed by atoms with Gasteiger partial charge in [0.15, 0.2) is 9.84 Å². The maximum atomic E-state index is 11.8. The van der Waals surface area contributed by atoms with Crippen molar-refractivity contribution in [3.8, 4) is 0 Å². The third-order valence-corrected chi connectivity index (χ3v) is 5.49. The summed E-state index contributed by atoms with van der Waals surface area (Å²) in [4.78, 5) is 24.3. The summed E-state index contributed by atoms with van der Waals surface area (Å²) in [5.41, 5.74) is 0.353. The van der Waals surface area contributed by atoms with E-state index in [1.807, 2.05) is 0 Å². The number of sulfone groups is 1. The van der Waals surface area contributed by atoms with Crippen molar-refractivity contribution in [1.29, 1.82) is 0 Å². The molecule has 2 N–H and O–H groups in total. The Kier molecular flexibility index (Phi) is 5.55. The molecule has 0 aliphatic carbocycles. The van der Waals surface area contributed by atoms with Crippen molar-refractivity contribution in [2.45, 2.75) is 4.90 Å². The molecular weight excluding hydrogens is 404 g/mol. The number of amides is 2. The van der Waals surface area contributed by atoms with Crippen molar-refractivity contribution >= 4 is 54.6 Å². The minimum atomic E-state index is -3.34. The van der Waals surface area contributed by atoms with Gasteiger partial charge in [-0.3, -0.25) is 9.59 Å². The highest BCUT2D eigenvalue weighted by Crippen LogP contribution is 2.21. The zero-order valence-electron chi connectivity index (χ0n) is 12.0. The van der Waals surface area contributed by atoms with Gasteiger partial charge in [0.1, 0.15) is 0 Å². The number of carbonyl (C=O) groups is 2. The first-order valence-electron chi connectivity index (χ1n) is 6.39. The van der Waals surface area contributed by atoms with Gasteiger partial charge in [0.25, 0.3) is 5.91 Å². The van der Waals surface area contributed by atoms with Crippen molar-refractivity contribution in [2.75, 3.05) is 18.1 Å². The lowest BCUT2D eigenvalue weighted by molar-refractivity contribution is -0.115. The van der Waals surface area contributed by atoms with Crippen LogP contribution in [0.5, 0.6) is 0 Å². The van der Waals surface area contributed by atoms with Gasteiger partial charge in [0.05, 0.1) is 20.1 Å². The van der Waals surface area contributed by atoms with E-state index >= 15 is 0 Å². The van der Waals surface area contributed by atoms with Gasteiger partial charge in [-0.1, -0.05) is 6.07 Å². The van der Waals surface area contributed by atoms with Gasteiger partial charge in [-0.2, -0.15) is 0 Å². The minimum Gasteiger partial charge on any atom is -0.342 e. The summed E-state index contributed by atoms with van der Waals surface area (Å²) in [6.07, 6.45) is 1.09. The van der Waals surface area contributed by atoms with Crippen LogP contribution in [0, 0.1) is 0 Å². The molecule has 9 heteroatoms. The van der Waals surface area contributed by atoms with Crippen LogP contribution in [-0.4, -0.2) is 33.0 Å². The van der Waals surface area contributed by atoms with E-state index in [2.05, 4.69) is 26.6 Å². The van der Waals surface area contributed by atoms with E-state index in [1.165, 1.54) is 29.5 Å². The van der Waals surface area contributed by atoms with Crippen LogP contribution in [0.25, 0.3) is 0 Å². The molecule has 1 heterocycles. The number of rotatable bonds is 5. The lowest BCUT2D eigenvalue weighted by atomic mass is 10.3. The van der Waals surface area contributed by atoms with Crippen LogP contribution in [0.15, 0.2) is 45.1 Å². The number of hydrogen-bond acceptors (Lipinski definition) is 5. The third kappa shape index (κ3) is 5.15. The van der Waals surface area contributed by atoms with E-state index in [1.54, 1.807) is 18.2 Å². The minimum absolute atomic E-state index is 0.114. The first-order valence-corrected chi connectivity index (χ1v) is 9.89. The Bertz CT molecular complexity index is 846. The van der Waals surface area contributed by atoms with Gasteiger partial charge < -0.3 is 10.6 Å². The predicted molar refractivity (Wildman–Crippen MR) is 92.5 cm³/mol. The Morgan fingerprint density at radius 3 is 2.57 bits per heavy atom. The third-order valence-electron chi connectivity index (χ3n) is 2.75. The van der Waals surface area contributed by atoms with E-state index in [-0.39, 0.29) is 17.3 Å². The van der Waals surface area contributed by atoms with E-state index in [9.17, 15) is 18.0 Å². The highest BCUT2D eigenvalue weighted by atomic mass is 79.9.